The summed E-state index contributed by atoms with van der Waals surface area (Å²) in [5.41, 5.74) is 2.67. The van der Waals surface area contributed by atoms with E-state index >= 15 is 0 Å². The average molecular weight is 243 g/mol. The maximum absolute atomic E-state index is 4.06. The number of hydrogen-bond acceptors (Lipinski definition) is 2. The maximum Gasteiger partial charge on any atom is 0.0946 e. The van der Waals surface area contributed by atoms with Gasteiger partial charge in [-0.25, -0.2) is 4.98 Å². The Morgan fingerprint density at radius 3 is 3.00 bits per heavy atom. The largest absolute Gasteiger partial charge is 0.337 e. The molecule has 0 fully saturated rings. The summed E-state index contributed by atoms with van der Waals surface area (Å²) >= 11 is 0. The van der Waals surface area contributed by atoms with Crippen LogP contribution in [-0.2, 0) is 13.1 Å². The fourth-order valence-electron chi connectivity index (χ4n) is 2.10. The Bertz CT molecular complexity index is 462. The van der Waals surface area contributed by atoms with Crippen LogP contribution in [0.15, 0.2) is 43.0 Å². The molecule has 0 amide bonds. The molecule has 1 aromatic carbocycles. The molecule has 2 aromatic rings. The van der Waals surface area contributed by atoms with E-state index in [2.05, 4.69) is 53.0 Å². The van der Waals surface area contributed by atoms with Crippen molar-refractivity contribution in [3.05, 3.63) is 54.1 Å². The highest BCUT2D eigenvalue weighted by Crippen LogP contribution is 2.04. The zero-order valence-electron chi connectivity index (χ0n) is 11.1. The first-order chi connectivity index (χ1) is 8.74. The SMILES string of the molecule is Cc1cccc(CNCC(C)Cn2ccnc2)c1. The number of rotatable bonds is 6. The van der Waals surface area contributed by atoms with Gasteiger partial charge < -0.3 is 9.88 Å². The average Bonchev–Trinajstić information content (AvgIpc) is 2.82. The number of imidazole rings is 1. The van der Waals surface area contributed by atoms with Crippen molar-refractivity contribution < 1.29 is 0 Å². The van der Waals surface area contributed by atoms with Gasteiger partial charge in [-0.2, -0.15) is 0 Å². The van der Waals surface area contributed by atoms with Crippen LogP contribution in [0.5, 0.6) is 0 Å². The third-order valence-electron chi connectivity index (χ3n) is 2.99. The molecule has 0 aliphatic carbocycles. The van der Waals surface area contributed by atoms with Crippen LogP contribution in [0.25, 0.3) is 0 Å². The van der Waals surface area contributed by atoms with Crippen LogP contribution in [0.2, 0.25) is 0 Å². The molecule has 18 heavy (non-hydrogen) atoms. The molecule has 0 radical (unpaired) electrons. The van der Waals surface area contributed by atoms with Crippen LogP contribution in [0, 0.1) is 12.8 Å². The molecule has 2 rings (SSSR count). The Morgan fingerprint density at radius 1 is 1.39 bits per heavy atom. The topological polar surface area (TPSA) is 29.9 Å². The number of aryl methyl sites for hydroxylation is 1. The quantitative estimate of drug-likeness (QED) is 0.845. The van der Waals surface area contributed by atoms with Gasteiger partial charge in [-0.15, -0.1) is 0 Å². The van der Waals surface area contributed by atoms with Gasteiger partial charge in [-0.1, -0.05) is 36.8 Å². The van der Waals surface area contributed by atoms with E-state index in [0.717, 1.165) is 19.6 Å². The molecule has 0 spiro atoms. The van der Waals surface area contributed by atoms with Gasteiger partial charge in [-0.3, -0.25) is 0 Å². The normalized spacial score (nSPS) is 12.6. The fraction of sp³-hybridized carbons (Fsp3) is 0.400. The van der Waals surface area contributed by atoms with Crippen LogP contribution in [0.3, 0.4) is 0 Å². The van der Waals surface area contributed by atoms with Crippen molar-refractivity contribution in [3.8, 4) is 0 Å². The molecule has 3 heteroatoms. The van der Waals surface area contributed by atoms with Gasteiger partial charge >= 0.3 is 0 Å². The number of hydrogen-bond donors (Lipinski definition) is 1. The zero-order chi connectivity index (χ0) is 12.8. The first kappa shape index (κ1) is 12.8. The molecule has 0 saturated carbocycles. The van der Waals surface area contributed by atoms with Gasteiger partial charge in [0.15, 0.2) is 0 Å². The van der Waals surface area contributed by atoms with E-state index in [-0.39, 0.29) is 0 Å². The first-order valence-corrected chi connectivity index (χ1v) is 6.46. The number of aromatic nitrogens is 2. The van der Waals surface area contributed by atoms with Crippen LogP contribution in [0.4, 0.5) is 0 Å². The molecule has 0 bridgehead atoms. The molecule has 1 N–H and O–H groups in total. The second-order valence-electron chi connectivity index (χ2n) is 4.98. The summed E-state index contributed by atoms with van der Waals surface area (Å²) in [6.07, 6.45) is 5.71. The predicted octanol–water partition coefficient (Wildman–Crippen LogP) is 2.62. The Hall–Kier alpha value is -1.61. The highest BCUT2D eigenvalue weighted by molar-refractivity contribution is 5.21. The second kappa shape index (κ2) is 6.36. The van der Waals surface area contributed by atoms with E-state index in [4.69, 9.17) is 0 Å². The van der Waals surface area contributed by atoms with Crippen molar-refractivity contribution in [3.63, 3.8) is 0 Å². The lowest BCUT2D eigenvalue weighted by Crippen LogP contribution is -2.23. The first-order valence-electron chi connectivity index (χ1n) is 6.46. The predicted molar refractivity (Wildman–Crippen MR) is 74.3 cm³/mol. The van der Waals surface area contributed by atoms with Crippen molar-refractivity contribution in [2.45, 2.75) is 26.9 Å². The van der Waals surface area contributed by atoms with Gasteiger partial charge in [0.05, 0.1) is 6.33 Å². The lowest BCUT2D eigenvalue weighted by Gasteiger charge is -2.13. The van der Waals surface area contributed by atoms with Crippen LogP contribution in [-0.4, -0.2) is 16.1 Å². The van der Waals surface area contributed by atoms with Crippen molar-refractivity contribution in [1.82, 2.24) is 14.9 Å². The highest BCUT2D eigenvalue weighted by atomic mass is 15.0. The summed E-state index contributed by atoms with van der Waals surface area (Å²) in [6.45, 7) is 7.36. The zero-order valence-corrected chi connectivity index (χ0v) is 11.1. The number of nitrogens with zero attached hydrogens (tertiary/aromatic N) is 2. The molecule has 1 heterocycles. The third kappa shape index (κ3) is 4.00. The maximum atomic E-state index is 4.06. The third-order valence-corrected chi connectivity index (χ3v) is 2.99. The second-order valence-corrected chi connectivity index (χ2v) is 4.98. The molecule has 1 atom stereocenters. The van der Waals surface area contributed by atoms with Gasteiger partial charge in [0.25, 0.3) is 0 Å². The van der Waals surface area contributed by atoms with Crippen LogP contribution in [0.1, 0.15) is 18.1 Å². The van der Waals surface area contributed by atoms with E-state index in [1.165, 1.54) is 11.1 Å². The summed E-state index contributed by atoms with van der Waals surface area (Å²) in [5.74, 6) is 0.601. The van der Waals surface area contributed by atoms with Gasteiger partial charge in [0, 0.05) is 25.5 Å². The molecular formula is C15H21N3. The van der Waals surface area contributed by atoms with E-state index in [1.807, 2.05) is 18.7 Å². The lowest BCUT2D eigenvalue weighted by molar-refractivity contribution is 0.445. The minimum atomic E-state index is 0.601. The van der Waals surface area contributed by atoms with Crippen molar-refractivity contribution in [2.75, 3.05) is 6.54 Å². The standard InChI is InChI=1S/C15H21N3/c1-13-4-3-5-15(8-13)10-17-9-14(2)11-18-7-6-16-12-18/h3-8,12,14,17H,9-11H2,1-2H3. The van der Waals surface area contributed by atoms with Crippen LogP contribution < -0.4 is 5.32 Å². The van der Waals surface area contributed by atoms with Crippen molar-refractivity contribution in [2.24, 2.45) is 5.92 Å². The van der Waals surface area contributed by atoms with E-state index in [1.54, 1.807) is 0 Å². The molecule has 3 nitrogen and oxygen atoms in total. The molecule has 1 aromatic heterocycles. The van der Waals surface area contributed by atoms with Crippen LogP contribution >= 0.6 is 0 Å². The molecule has 0 saturated heterocycles. The summed E-state index contributed by atoms with van der Waals surface area (Å²) in [6, 6.07) is 8.64. The van der Waals surface area contributed by atoms with Gasteiger partial charge in [-0.05, 0) is 24.9 Å². The van der Waals surface area contributed by atoms with Gasteiger partial charge in [0.1, 0.15) is 0 Å². The summed E-state index contributed by atoms with van der Waals surface area (Å²) < 4.78 is 2.12. The van der Waals surface area contributed by atoms with E-state index in [0.29, 0.717) is 5.92 Å². The minimum absolute atomic E-state index is 0.601. The summed E-state index contributed by atoms with van der Waals surface area (Å²) in [7, 11) is 0. The Labute approximate surface area is 109 Å². The number of benzene rings is 1. The van der Waals surface area contributed by atoms with E-state index < -0.39 is 0 Å². The fourth-order valence-corrected chi connectivity index (χ4v) is 2.10. The van der Waals surface area contributed by atoms with Crippen molar-refractivity contribution in [1.29, 1.82) is 0 Å². The molecular weight excluding hydrogens is 222 g/mol. The smallest absolute Gasteiger partial charge is 0.0946 e. The minimum Gasteiger partial charge on any atom is -0.337 e. The highest BCUT2D eigenvalue weighted by Gasteiger charge is 2.02. The van der Waals surface area contributed by atoms with Crippen molar-refractivity contribution >= 4 is 0 Å². The summed E-state index contributed by atoms with van der Waals surface area (Å²) in [5, 5.41) is 3.51. The van der Waals surface area contributed by atoms with Gasteiger partial charge in [0.2, 0.25) is 0 Å². The van der Waals surface area contributed by atoms with E-state index in [9.17, 15) is 0 Å². The Balaban J connectivity index is 1.72. The Morgan fingerprint density at radius 2 is 2.28 bits per heavy atom. The monoisotopic (exact) mass is 243 g/mol. The Kier molecular flexibility index (Phi) is 4.53. The summed E-state index contributed by atoms with van der Waals surface area (Å²) in [4.78, 5) is 4.06. The molecule has 96 valence electrons. The number of nitrogens with one attached hydrogen (secondary N) is 1. The molecule has 1 unspecified atom stereocenters. The molecule has 0 aliphatic heterocycles. The lowest BCUT2D eigenvalue weighted by atomic mass is 10.1. The molecule has 0 aliphatic rings.